The van der Waals surface area contributed by atoms with Crippen LogP contribution in [0.3, 0.4) is 0 Å². The molecule has 0 aromatic carbocycles. The van der Waals surface area contributed by atoms with Gasteiger partial charge in [0.1, 0.15) is 16.8 Å². The molecule has 116 valence electrons. The topological polar surface area (TPSA) is 101 Å². The molecule has 0 bridgehead atoms. The summed E-state index contributed by atoms with van der Waals surface area (Å²) in [7, 11) is -2.04. The van der Waals surface area contributed by atoms with Crippen molar-refractivity contribution in [1.29, 1.82) is 5.26 Å². The van der Waals surface area contributed by atoms with Crippen LogP contribution in [0.25, 0.3) is 0 Å². The van der Waals surface area contributed by atoms with Gasteiger partial charge >= 0.3 is 0 Å². The maximum absolute atomic E-state index is 12.7. The summed E-state index contributed by atoms with van der Waals surface area (Å²) in [6.07, 6.45) is 2.40. The summed E-state index contributed by atoms with van der Waals surface area (Å²) < 4.78 is 29.4. The van der Waals surface area contributed by atoms with E-state index in [1.807, 2.05) is 19.9 Å². The normalized spacial score (nSPS) is 11.2. The van der Waals surface area contributed by atoms with Crippen LogP contribution in [0.4, 0.5) is 5.82 Å². The third kappa shape index (κ3) is 2.94. The lowest BCUT2D eigenvalue weighted by atomic mass is 10.2. The first-order valence-electron chi connectivity index (χ1n) is 6.86. The molecule has 0 radical (unpaired) electrons. The van der Waals surface area contributed by atoms with Crippen LogP contribution in [0, 0.1) is 11.3 Å². The number of nitrogens with zero attached hydrogens (tertiary/aromatic N) is 4. The van der Waals surface area contributed by atoms with Crippen molar-refractivity contribution in [3.63, 3.8) is 0 Å². The van der Waals surface area contributed by atoms with Crippen LogP contribution < -0.4 is 4.72 Å². The summed E-state index contributed by atoms with van der Waals surface area (Å²) in [5.74, 6) is 0.173. The van der Waals surface area contributed by atoms with Gasteiger partial charge in [-0.25, -0.2) is 13.4 Å². The van der Waals surface area contributed by atoms with Gasteiger partial charge in [0.05, 0.1) is 17.0 Å². The largest absolute Gasteiger partial charge is 0.271 e. The molecule has 0 amide bonds. The Bertz CT molecular complexity index is 816. The number of anilines is 1. The van der Waals surface area contributed by atoms with Crippen molar-refractivity contribution < 1.29 is 8.42 Å². The second-order valence-electron chi connectivity index (χ2n) is 4.70. The predicted molar refractivity (Wildman–Crippen MR) is 81.7 cm³/mol. The van der Waals surface area contributed by atoms with E-state index in [9.17, 15) is 8.42 Å². The Morgan fingerprint density at radius 3 is 2.55 bits per heavy atom. The molecule has 0 fully saturated rings. The molecular formula is C14H17N5O2S. The predicted octanol–water partition coefficient (Wildman–Crippen LogP) is 1.61. The highest BCUT2D eigenvalue weighted by Crippen LogP contribution is 2.23. The Kier molecular flexibility index (Phi) is 4.47. The molecule has 0 spiro atoms. The van der Waals surface area contributed by atoms with E-state index in [2.05, 4.69) is 14.8 Å². The number of rotatable bonds is 5. The minimum absolute atomic E-state index is 0.173. The number of hydrogen-bond donors (Lipinski definition) is 1. The average molecular weight is 319 g/mol. The zero-order chi connectivity index (χ0) is 16.3. The van der Waals surface area contributed by atoms with Crippen LogP contribution in [0.15, 0.2) is 23.2 Å². The zero-order valence-electron chi connectivity index (χ0n) is 12.7. The SMILES string of the molecule is CCc1nn(C)c(CC)c1S(=O)(=O)Nc1ccc(C#N)cn1. The molecule has 0 saturated carbocycles. The Hall–Kier alpha value is -2.40. The van der Waals surface area contributed by atoms with Crippen molar-refractivity contribution in [2.45, 2.75) is 31.6 Å². The molecule has 7 nitrogen and oxygen atoms in total. The van der Waals surface area contributed by atoms with E-state index in [0.29, 0.717) is 29.8 Å². The Balaban J connectivity index is 2.44. The maximum atomic E-state index is 12.7. The van der Waals surface area contributed by atoms with Crippen LogP contribution >= 0.6 is 0 Å². The van der Waals surface area contributed by atoms with Gasteiger partial charge in [-0.15, -0.1) is 0 Å². The maximum Gasteiger partial charge on any atom is 0.266 e. The van der Waals surface area contributed by atoms with Gasteiger partial charge in [-0.2, -0.15) is 10.4 Å². The minimum atomic E-state index is -3.78. The van der Waals surface area contributed by atoms with Crippen LogP contribution in [0.5, 0.6) is 0 Å². The van der Waals surface area contributed by atoms with E-state index in [-0.39, 0.29) is 10.7 Å². The van der Waals surface area contributed by atoms with Crippen molar-refractivity contribution >= 4 is 15.8 Å². The highest BCUT2D eigenvalue weighted by atomic mass is 32.2. The van der Waals surface area contributed by atoms with Crippen molar-refractivity contribution in [2.24, 2.45) is 7.05 Å². The van der Waals surface area contributed by atoms with Crippen molar-refractivity contribution in [2.75, 3.05) is 4.72 Å². The van der Waals surface area contributed by atoms with E-state index < -0.39 is 10.0 Å². The van der Waals surface area contributed by atoms with Gasteiger partial charge in [0.15, 0.2) is 0 Å². The lowest BCUT2D eigenvalue weighted by Crippen LogP contribution is -2.17. The number of pyridine rings is 1. The fourth-order valence-corrected chi connectivity index (χ4v) is 3.82. The molecule has 2 aromatic heterocycles. The fourth-order valence-electron chi connectivity index (χ4n) is 2.24. The van der Waals surface area contributed by atoms with Crippen LogP contribution in [0.1, 0.15) is 30.8 Å². The summed E-state index contributed by atoms with van der Waals surface area (Å²) in [6.45, 7) is 3.75. The van der Waals surface area contributed by atoms with Gasteiger partial charge in [0.2, 0.25) is 0 Å². The molecule has 0 aliphatic heterocycles. The molecule has 0 aliphatic rings. The summed E-state index contributed by atoms with van der Waals surface area (Å²) in [5, 5.41) is 13.0. The molecule has 0 atom stereocenters. The molecular weight excluding hydrogens is 302 g/mol. The lowest BCUT2D eigenvalue weighted by Gasteiger charge is -2.09. The van der Waals surface area contributed by atoms with E-state index in [1.165, 1.54) is 18.3 Å². The van der Waals surface area contributed by atoms with E-state index in [1.54, 1.807) is 11.7 Å². The van der Waals surface area contributed by atoms with Gasteiger partial charge in [0, 0.05) is 13.2 Å². The number of aryl methyl sites for hydroxylation is 2. The Morgan fingerprint density at radius 1 is 1.32 bits per heavy atom. The first kappa shape index (κ1) is 16.0. The molecule has 0 saturated heterocycles. The van der Waals surface area contributed by atoms with Gasteiger partial charge in [-0.1, -0.05) is 13.8 Å². The van der Waals surface area contributed by atoms with Crippen molar-refractivity contribution in [3.8, 4) is 6.07 Å². The monoisotopic (exact) mass is 319 g/mol. The van der Waals surface area contributed by atoms with E-state index in [4.69, 9.17) is 5.26 Å². The molecule has 2 aromatic rings. The zero-order valence-corrected chi connectivity index (χ0v) is 13.5. The van der Waals surface area contributed by atoms with Crippen molar-refractivity contribution in [3.05, 3.63) is 35.3 Å². The van der Waals surface area contributed by atoms with E-state index >= 15 is 0 Å². The number of nitrogens with one attached hydrogen (secondary N) is 1. The minimum Gasteiger partial charge on any atom is -0.271 e. The lowest BCUT2D eigenvalue weighted by molar-refractivity contribution is 0.598. The molecule has 22 heavy (non-hydrogen) atoms. The quantitative estimate of drug-likeness (QED) is 0.902. The summed E-state index contributed by atoms with van der Waals surface area (Å²) in [4.78, 5) is 4.15. The summed E-state index contributed by atoms with van der Waals surface area (Å²) >= 11 is 0. The number of sulfonamides is 1. The van der Waals surface area contributed by atoms with Gasteiger partial charge in [0.25, 0.3) is 10.0 Å². The second kappa shape index (κ2) is 6.15. The van der Waals surface area contributed by atoms with Crippen molar-refractivity contribution in [1.82, 2.24) is 14.8 Å². The Morgan fingerprint density at radius 2 is 2.05 bits per heavy atom. The van der Waals surface area contributed by atoms with Gasteiger partial charge in [-0.3, -0.25) is 9.40 Å². The average Bonchev–Trinajstić information content (AvgIpc) is 2.84. The molecule has 2 rings (SSSR count). The first-order chi connectivity index (χ1) is 10.4. The van der Waals surface area contributed by atoms with Gasteiger partial charge in [-0.05, 0) is 25.0 Å². The van der Waals surface area contributed by atoms with Crippen LogP contribution in [0.2, 0.25) is 0 Å². The van der Waals surface area contributed by atoms with Crippen LogP contribution in [-0.2, 0) is 29.9 Å². The van der Waals surface area contributed by atoms with Gasteiger partial charge < -0.3 is 0 Å². The molecule has 2 heterocycles. The standard InChI is InChI=1S/C14H17N5O2S/c1-4-11-14(12(5-2)19(3)17-11)22(20,21)18-13-7-6-10(8-15)9-16-13/h6-7,9H,4-5H2,1-3H3,(H,16,18). The third-order valence-electron chi connectivity index (χ3n) is 3.26. The number of nitriles is 1. The molecule has 0 aliphatic carbocycles. The smallest absolute Gasteiger partial charge is 0.266 e. The summed E-state index contributed by atoms with van der Waals surface area (Å²) in [5.41, 5.74) is 1.55. The number of aromatic nitrogens is 3. The first-order valence-corrected chi connectivity index (χ1v) is 8.35. The highest BCUT2D eigenvalue weighted by molar-refractivity contribution is 7.92. The summed E-state index contributed by atoms with van der Waals surface area (Å²) in [6, 6.07) is 4.91. The highest BCUT2D eigenvalue weighted by Gasteiger charge is 2.26. The van der Waals surface area contributed by atoms with Crippen LogP contribution in [-0.4, -0.2) is 23.2 Å². The fraction of sp³-hybridized carbons (Fsp3) is 0.357. The number of hydrogen-bond acceptors (Lipinski definition) is 5. The van der Waals surface area contributed by atoms with E-state index in [0.717, 1.165) is 0 Å². The third-order valence-corrected chi connectivity index (χ3v) is 4.74. The Labute approximate surface area is 129 Å². The molecule has 1 N–H and O–H groups in total. The molecule has 0 unspecified atom stereocenters. The molecule has 8 heteroatoms. The second-order valence-corrected chi connectivity index (χ2v) is 6.32.